The van der Waals surface area contributed by atoms with Crippen LogP contribution < -0.4 is 23.7 Å². The lowest BCUT2D eigenvalue weighted by molar-refractivity contribution is -0.142. The second-order valence-electron chi connectivity index (χ2n) is 8.14. The normalized spacial score (nSPS) is 15.9. The number of carbonyl (C=O) groups is 3. The molecule has 0 radical (unpaired) electrons. The smallest absolute Gasteiger partial charge is 0.308 e. The second kappa shape index (κ2) is 12.2. The maximum Gasteiger partial charge on any atom is 0.308 e. The van der Waals surface area contributed by atoms with E-state index in [9.17, 15) is 14.4 Å². The van der Waals surface area contributed by atoms with Crippen LogP contribution in [0.3, 0.4) is 0 Å². The van der Waals surface area contributed by atoms with E-state index in [0.717, 1.165) is 11.1 Å². The molecule has 0 saturated heterocycles. The number of benzene rings is 2. The van der Waals surface area contributed by atoms with E-state index in [-0.39, 0.29) is 36.4 Å². The third-order valence-electron chi connectivity index (χ3n) is 5.55. The van der Waals surface area contributed by atoms with Gasteiger partial charge in [0.15, 0.2) is 23.0 Å². The second-order valence-corrected chi connectivity index (χ2v) is 8.14. The first-order chi connectivity index (χ1) is 17.7. The summed E-state index contributed by atoms with van der Waals surface area (Å²) in [7, 11) is 4.42. The summed E-state index contributed by atoms with van der Waals surface area (Å²) in [5, 5.41) is 0. The summed E-state index contributed by atoms with van der Waals surface area (Å²) in [5.41, 5.74) is 2.19. The SMILES string of the molecule is COc1cc(C2Oc3c(OC)cc(/C=C/COC(C)=O)cc3C2COC(C)=O)cc(OC)c1OC(C)=O. The Kier molecular flexibility index (Phi) is 9.00. The van der Waals surface area contributed by atoms with Crippen LogP contribution in [0.15, 0.2) is 30.3 Å². The van der Waals surface area contributed by atoms with Gasteiger partial charge >= 0.3 is 17.9 Å². The fraction of sp³-hybridized carbons (Fsp3) is 0.370. The molecule has 2 aromatic carbocycles. The topological polar surface area (TPSA) is 116 Å². The molecule has 2 aromatic rings. The van der Waals surface area contributed by atoms with Crippen LogP contribution in [-0.4, -0.2) is 52.5 Å². The molecule has 1 aliphatic heterocycles. The van der Waals surface area contributed by atoms with E-state index in [1.165, 1.54) is 42.1 Å². The molecule has 1 aliphatic rings. The van der Waals surface area contributed by atoms with Gasteiger partial charge in [0.1, 0.15) is 19.3 Å². The van der Waals surface area contributed by atoms with Crippen molar-refractivity contribution in [2.24, 2.45) is 0 Å². The van der Waals surface area contributed by atoms with Gasteiger partial charge < -0.3 is 33.2 Å². The summed E-state index contributed by atoms with van der Waals surface area (Å²) in [6.45, 7) is 4.11. The van der Waals surface area contributed by atoms with Gasteiger partial charge in [-0.05, 0) is 35.9 Å². The van der Waals surface area contributed by atoms with Crippen LogP contribution in [0.5, 0.6) is 28.7 Å². The van der Waals surface area contributed by atoms with E-state index in [1.807, 2.05) is 6.07 Å². The molecule has 0 saturated carbocycles. The van der Waals surface area contributed by atoms with E-state index >= 15 is 0 Å². The minimum absolute atomic E-state index is 0.0348. The molecule has 0 bridgehead atoms. The first-order valence-corrected chi connectivity index (χ1v) is 11.4. The summed E-state index contributed by atoms with van der Waals surface area (Å²) in [4.78, 5) is 34.4. The lowest BCUT2D eigenvalue weighted by atomic mass is 9.90. The summed E-state index contributed by atoms with van der Waals surface area (Å²) >= 11 is 0. The first-order valence-electron chi connectivity index (χ1n) is 11.4. The molecule has 10 nitrogen and oxygen atoms in total. The predicted octanol–water partition coefficient (Wildman–Crippen LogP) is 3.99. The van der Waals surface area contributed by atoms with Crippen molar-refractivity contribution in [2.45, 2.75) is 32.8 Å². The van der Waals surface area contributed by atoms with Gasteiger partial charge in [-0.2, -0.15) is 0 Å². The van der Waals surface area contributed by atoms with Crippen LogP contribution in [0.4, 0.5) is 0 Å². The van der Waals surface area contributed by atoms with Gasteiger partial charge in [0.05, 0.1) is 27.2 Å². The number of rotatable bonds is 10. The number of methoxy groups -OCH3 is 3. The van der Waals surface area contributed by atoms with E-state index in [0.29, 0.717) is 17.1 Å². The maximum atomic E-state index is 11.7. The van der Waals surface area contributed by atoms with Gasteiger partial charge in [0.2, 0.25) is 5.75 Å². The summed E-state index contributed by atoms with van der Waals surface area (Å²) in [6.07, 6.45) is 2.89. The first kappa shape index (κ1) is 27.4. The van der Waals surface area contributed by atoms with Crippen molar-refractivity contribution in [2.75, 3.05) is 34.5 Å². The fourth-order valence-corrected chi connectivity index (χ4v) is 4.01. The van der Waals surface area contributed by atoms with Gasteiger partial charge in [-0.25, -0.2) is 0 Å². The third-order valence-corrected chi connectivity index (χ3v) is 5.55. The number of ether oxygens (including phenoxy) is 7. The Morgan fingerprint density at radius 3 is 2.00 bits per heavy atom. The number of hydrogen-bond acceptors (Lipinski definition) is 10. The number of hydrogen-bond donors (Lipinski definition) is 0. The zero-order valence-corrected chi connectivity index (χ0v) is 21.6. The van der Waals surface area contributed by atoms with Crippen LogP contribution in [0.2, 0.25) is 0 Å². The van der Waals surface area contributed by atoms with Crippen LogP contribution in [0.1, 0.15) is 49.5 Å². The molecule has 0 aromatic heterocycles. The minimum Gasteiger partial charge on any atom is -0.493 e. The molecule has 198 valence electrons. The zero-order valence-electron chi connectivity index (χ0n) is 21.6. The Balaban J connectivity index is 2.07. The van der Waals surface area contributed by atoms with E-state index in [4.69, 9.17) is 33.2 Å². The van der Waals surface area contributed by atoms with Crippen LogP contribution in [0, 0.1) is 0 Å². The highest BCUT2D eigenvalue weighted by atomic mass is 16.6. The van der Waals surface area contributed by atoms with Gasteiger partial charge in [-0.3, -0.25) is 14.4 Å². The minimum atomic E-state index is -0.613. The molecule has 0 N–H and O–H groups in total. The molecule has 1 heterocycles. The molecule has 10 heteroatoms. The van der Waals surface area contributed by atoms with Crippen molar-refractivity contribution in [3.63, 3.8) is 0 Å². The molecule has 0 amide bonds. The van der Waals surface area contributed by atoms with E-state index in [1.54, 1.807) is 30.4 Å². The number of fused-ring (bicyclic) bond motifs is 1. The maximum absolute atomic E-state index is 11.7. The van der Waals surface area contributed by atoms with Crippen molar-refractivity contribution in [1.29, 1.82) is 0 Å². The third kappa shape index (κ3) is 6.52. The van der Waals surface area contributed by atoms with E-state index < -0.39 is 24.0 Å². The molecule has 0 aliphatic carbocycles. The van der Waals surface area contributed by atoms with E-state index in [2.05, 4.69) is 0 Å². The van der Waals surface area contributed by atoms with Crippen LogP contribution in [-0.2, 0) is 23.9 Å². The lowest BCUT2D eigenvalue weighted by Crippen LogP contribution is -2.17. The van der Waals surface area contributed by atoms with Crippen molar-refractivity contribution in [3.8, 4) is 28.7 Å². The lowest BCUT2D eigenvalue weighted by Gasteiger charge is -2.22. The average molecular weight is 515 g/mol. The number of esters is 3. The zero-order chi connectivity index (χ0) is 27.1. The summed E-state index contributed by atoms with van der Waals surface area (Å²) < 4.78 is 38.5. The van der Waals surface area contributed by atoms with Crippen molar-refractivity contribution < 1.29 is 47.5 Å². The molecule has 37 heavy (non-hydrogen) atoms. The highest BCUT2D eigenvalue weighted by molar-refractivity contribution is 5.73. The van der Waals surface area contributed by atoms with Crippen molar-refractivity contribution >= 4 is 24.0 Å². The molecule has 2 atom stereocenters. The number of carbonyl (C=O) groups excluding carboxylic acids is 3. The molecule has 2 unspecified atom stereocenters. The molecule has 0 fully saturated rings. The predicted molar refractivity (Wildman–Crippen MR) is 132 cm³/mol. The van der Waals surface area contributed by atoms with Crippen molar-refractivity contribution in [3.05, 3.63) is 47.0 Å². The summed E-state index contributed by atoms with van der Waals surface area (Å²) in [6, 6.07) is 7.06. The van der Waals surface area contributed by atoms with Crippen molar-refractivity contribution in [1.82, 2.24) is 0 Å². The molecule has 0 spiro atoms. The highest BCUT2D eigenvalue weighted by Crippen LogP contribution is 2.53. The quantitative estimate of drug-likeness (QED) is 0.340. The molecular weight excluding hydrogens is 484 g/mol. The Morgan fingerprint density at radius 2 is 1.46 bits per heavy atom. The average Bonchev–Trinajstić information content (AvgIpc) is 3.22. The Bertz CT molecular complexity index is 1170. The van der Waals surface area contributed by atoms with Gasteiger partial charge in [0.25, 0.3) is 0 Å². The fourth-order valence-electron chi connectivity index (χ4n) is 4.01. The Morgan fingerprint density at radius 1 is 0.838 bits per heavy atom. The van der Waals surface area contributed by atoms with Crippen LogP contribution in [0.25, 0.3) is 6.08 Å². The molecule has 3 rings (SSSR count). The summed E-state index contributed by atoms with van der Waals surface area (Å²) in [5.74, 6) is -0.0706. The van der Waals surface area contributed by atoms with Gasteiger partial charge in [-0.1, -0.05) is 6.08 Å². The van der Waals surface area contributed by atoms with Gasteiger partial charge in [0, 0.05) is 31.9 Å². The highest BCUT2D eigenvalue weighted by Gasteiger charge is 2.39. The molecular formula is C27H30O10. The Labute approximate surface area is 215 Å². The largest absolute Gasteiger partial charge is 0.493 e. The standard InChI is InChI=1S/C27H30O10/c1-15(28)34-9-7-8-18-10-20-21(14-35-16(2)29)25(37-26(20)22(11-18)31-4)19-12-23(32-5)27(36-17(3)30)24(13-19)33-6/h7-8,10-13,21,25H,9,14H2,1-6H3/b8-7+. The van der Waals surface area contributed by atoms with Crippen LogP contribution >= 0.6 is 0 Å². The monoisotopic (exact) mass is 514 g/mol. The van der Waals surface area contributed by atoms with Gasteiger partial charge in [-0.15, -0.1) is 0 Å². The Hall–Kier alpha value is -4.21.